The topological polar surface area (TPSA) is 74.3 Å². The highest BCUT2D eigenvalue weighted by molar-refractivity contribution is 6.33. The van der Waals surface area contributed by atoms with E-state index in [1.54, 1.807) is 6.07 Å². The summed E-state index contributed by atoms with van der Waals surface area (Å²) in [4.78, 5) is 29.8. The van der Waals surface area contributed by atoms with Crippen molar-refractivity contribution in [1.82, 2.24) is 15.2 Å². The number of hydrogen-bond donors (Lipinski definition) is 2. The van der Waals surface area contributed by atoms with Gasteiger partial charge in [-0.3, -0.25) is 9.59 Å². The van der Waals surface area contributed by atoms with Crippen LogP contribution in [0.15, 0.2) is 12.3 Å². The van der Waals surface area contributed by atoms with Crippen LogP contribution in [0.3, 0.4) is 0 Å². The quantitative estimate of drug-likeness (QED) is 0.884. The maximum atomic E-state index is 12.6. The Kier molecular flexibility index (Phi) is 5.38. The molecule has 1 aromatic rings. The van der Waals surface area contributed by atoms with Gasteiger partial charge in [0.05, 0.1) is 17.1 Å². The second-order valence-corrected chi connectivity index (χ2v) is 5.31. The van der Waals surface area contributed by atoms with Crippen molar-refractivity contribution in [3.63, 3.8) is 0 Å². The van der Waals surface area contributed by atoms with Crippen molar-refractivity contribution in [2.24, 2.45) is 0 Å². The summed E-state index contributed by atoms with van der Waals surface area (Å²) in [6.45, 7) is 4.01. The van der Waals surface area contributed by atoms with Crippen LogP contribution in [-0.4, -0.2) is 47.9 Å². The lowest BCUT2D eigenvalue weighted by molar-refractivity contribution is -0.121. The first kappa shape index (κ1) is 15.6. The van der Waals surface area contributed by atoms with Crippen molar-refractivity contribution in [1.29, 1.82) is 0 Å². The molecule has 1 aliphatic rings. The number of carbonyl (C=O) groups excluding carboxylic acids is 2. The summed E-state index contributed by atoms with van der Waals surface area (Å²) in [5.41, 5.74) is 0.375. The minimum absolute atomic E-state index is 0.0647. The van der Waals surface area contributed by atoms with Gasteiger partial charge < -0.3 is 15.5 Å². The number of amides is 2. The Morgan fingerprint density at radius 3 is 3.14 bits per heavy atom. The first-order valence-electron chi connectivity index (χ1n) is 7.07. The summed E-state index contributed by atoms with van der Waals surface area (Å²) in [5, 5.41) is 6.16. The zero-order chi connectivity index (χ0) is 15.2. The molecule has 0 atom stereocenters. The van der Waals surface area contributed by atoms with E-state index in [2.05, 4.69) is 15.6 Å². The Balaban J connectivity index is 2.18. The molecule has 2 N–H and O–H groups in total. The number of rotatable bonds is 4. The lowest BCUT2D eigenvalue weighted by Gasteiger charge is -2.20. The normalized spacial score (nSPS) is 15.3. The van der Waals surface area contributed by atoms with Crippen LogP contribution >= 0.6 is 11.6 Å². The van der Waals surface area contributed by atoms with Gasteiger partial charge in [-0.05, 0) is 18.9 Å². The minimum atomic E-state index is -0.237. The summed E-state index contributed by atoms with van der Waals surface area (Å²) >= 11 is 6.08. The molecule has 2 rings (SSSR count). The second-order valence-electron chi connectivity index (χ2n) is 4.91. The van der Waals surface area contributed by atoms with E-state index in [1.807, 2.05) is 6.92 Å². The van der Waals surface area contributed by atoms with E-state index in [9.17, 15) is 9.59 Å². The number of nitrogens with zero attached hydrogens (tertiary/aromatic N) is 2. The van der Waals surface area contributed by atoms with Gasteiger partial charge in [-0.15, -0.1) is 0 Å². The van der Waals surface area contributed by atoms with Crippen LogP contribution in [0.1, 0.15) is 30.1 Å². The Bertz CT molecular complexity index is 536. The number of anilines is 1. The molecular formula is C14H19ClN4O2. The number of pyridine rings is 1. The molecule has 2 heterocycles. The largest absolute Gasteiger partial charge is 0.370 e. The maximum absolute atomic E-state index is 12.6. The summed E-state index contributed by atoms with van der Waals surface area (Å²) in [7, 11) is 0. The molecule has 7 heteroatoms. The van der Waals surface area contributed by atoms with Gasteiger partial charge in [0, 0.05) is 25.8 Å². The highest BCUT2D eigenvalue weighted by Crippen LogP contribution is 2.20. The van der Waals surface area contributed by atoms with E-state index < -0.39 is 0 Å². The van der Waals surface area contributed by atoms with Crippen molar-refractivity contribution < 1.29 is 9.59 Å². The smallest absolute Gasteiger partial charge is 0.256 e. The molecular weight excluding hydrogens is 292 g/mol. The van der Waals surface area contributed by atoms with Crippen LogP contribution in [0.5, 0.6) is 0 Å². The van der Waals surface area contributed by atoms with Gasteiger partial charge >= 0.3 is 0 Å². The summed E-state index contributed by atoms with van der Waals surface area (Å²) in [6, 6.07) is 1.64. The predicted octanol–water partition coefficient (Wildman–Crippen LogP) is 1.52. The fourth-order valence-corrected chi connectivity index (χ4v) is 2.29. The lowest BCUT2D eigenvalue weighted by atomic mass is 10.2. The third-order valence-corrected chi connectivity index (χ3v) is 3.49. The van der Waals surface area contributed by atoms with Gasteiger partial charge in [-0.1, -0.05) is 18.5 Å². The van der Waals surface area contributed by atoms with Gasteiger partial charge in [0.25, 0.3) is 5.91 Å². The number of aromatic nitrogens is 1. The van der Waals surface area contributed by atoms with Crippen molar-refractivity contribution in [2.75, 3.05) is 31.5 Å². The van der Waals surface area contributed by atoms with Crippen LogP contribution in [0.25, 0.3) is 0 Å². The standard InChI is InChI=1S/C14H19ClN4O2/c1-2-4-16-12-7-10(11(15)8-18-12)14(21)19-6-3-5-17-13(20)9-19/h7-8H,2-6,9H2,1H3,(H,16,18)(H,17,20). The van der Waals surface area contributed by atoms with Crippen LogP contribution in [0, 0.1) is 0 Å². The molecule has 0 aromatic carbocycles. The number of carbonyl (C=O) groups is 2. The van der Waals surface area contributed by atoms with Gasteiger partial charge in [0.15, 0.2) is 0 Å². The third-order valence-electron chi connectivity index (χ3n) is 3.19. The lowest BCUT2D eigenvalue weighted by Crippen LogP contribution is -2.37. The first-order chi connectivity index (χ1) is 10.1. The Morgan fingerprint density at radius 1 is 1.57 bits per heavy atom. The van der Waals surface area contributed by atoms with Crippen molar-refractivity contribution in [3.8, 4) is 0 Å². The molecule has 114 valence electrons. The Labute approximate surface area is 128 Å². The number of halogens is 1. The van der Waals surface area contributed by atoms with E-state index >= 15 is 0 Å². The molecule has 1 aliphatic heterocycles. The molecule has 1 saturated heterocycles. The fraction of sp³-hybridized carbons (Fsp3) is 0.500. The van der Waals surface area contributed by atoms with Crippen molar-refractivity contribution >= 4 is 29.2 Å². The number of nitrogens with one attached hydrogen (secondary N) is 2. The maximum Gasteiger partial charge on any atom is 0.256 e. The van der Waals surface area contributed by atoms with Crippen molar-refractivity contribution in [3.05, 3.63) is 22.8 Å². The molecule has 0 radical (unpaired) electrons. The average molecular weight is 311 g/mol. The van der Waals surface area contributed by atoms with Gasteiger partial charge in [-0.2, -0.15) is 0 Å². The molecule has 2 amide bonds. The monoisotopic (exact) mass is 310 g/mol. The van der Waals surface area contributed by atoms with E-state index in [0.29, 0.717) is 29.5 Å². The zero-order valence-electron chi connectivity index (χ0n) is 12.0. The van der Waals surface area contributed by atoms with Gasteiger partial charge in [0.1, 0.15) is 5.82 Å². The highest BCUT2D eigenvalue weighted by Gasteiger charge is 2.23. The molecule has 21 heavy (non-hydrogen) atoms. The number of hydrogen-bond acceptors (Lipinski definition) is 4. The van der Waals surface area contributed by atoms with E-state index in [0.717, 1.165) is 19.4 Å². The SMILES string of the molecule is CCCNc1cc(C(=O)N2CCCNC(=O)C2)c(Cl)cn1. The summed E-state index contributed by atoms with van der Waals surface area (Å²) < 4.78 is 0. The molecule has 0 saturated carbocycles. The van der Waals surface area contributed by atoms with Crippen LogP contribution < -0.4 is 10.6 Å². The zero-order valence-corrected chi connectivity index (χ0v) is 12.7. The molecule has 0 spiro atoms. The van der Waals surface area contributed by atoms with Crippen LogP contribution in [-0.2, 0) is 4.79 Å². The predicted molar refractivity (Wildman–Crippen MR) is 81.6 cm³/mol. The Hall–Kier alpha value is -1.82. The molecule has 1 fully saturated rings. The van der Waals surface area contributed by atoms with E-state index in [1.165, 1.54) is 11.1 Å². The molecule has 1 aromatic heterocycles. The van der Waals surface area contributed by atoms with Gasteiger partial charge in [-0.25, -0.2) is 4.98 Å². The molecule has 0 unspecified atom stereocenters. The molecule has 6 nitrogen and oxygen atoms in total. The molecule has 0 aliphatic carbocycles. The van der Waals surface area contributed by atoms with Gasteiger partial charge in [0.2, 0.25) is 5.91 Å². The van der Waals surface area contributed by atoms with E-state index in [-0.39, 0.29) is 18.4 Å². The summed E-state index contributed by atoms with van der Waals surface area (Å²) in [6.07, 6.45) is 3.16. The Morgan fingerprint density at radius 2 is 2.38 bits per heavy atom. The summed E-state index contributed by atoms with van der Waals surface area (Å²) in [5.74, 6) is 0.234. The first-order valence-corrected chi connectivity index (χ1v) is 7.45. The van der Waals surface area contributed by atoms with Crippen LogP contribution in [0.2, 0.25) is 5.02 Å². The van der Waals surface area contributed by atoms with Crippen LogP contribution in [0.4, 0.5) is 5.82 Å². The fourth-order valence-electron chi connectivity index (χ4n) is 2.10. The second kappa shape index (κ2) is 7.26. The minimum Gasteiger partial charge on any atom is -0.370 e. The average Bonchev–Trinajstić information content (AvgIpc) is 2.70. The highest BCUT2D eigenvalue weighted by atomic mass is 35.5. The van der Waals surface area contributed by atoms with E-state index in [4.69, 9.17) is 11.6 Å². The molecule has 0 bridgehead atoms. The van der Waals surface area contributed by atoms with Crippen molar-refractivity contribution in [2.45, 2.75) is 19.8 Å². The third kappa shape index (κ3) is 4.07.